The number of hydrogen-bond donors (Lipinski definition) is 2. The number of hydrogen-bond acceptors (Lipinski definition) is 5. The van der Waals surface area contributed by atoms with Crippen LogP contribution in [0.2, 0.25) is 0 Å². The second kappa shape index (κ2) is 7.19. The maximum absolute atomic E-state index is 14.1. The maximum Gasteiger partial charge on any atom is 0.277 e. The molecule has 126 valence electrons. The first-order valence-electron chi connectivity index (χ1n) is 7.88. The molecule has 3 rings (SSSR count). The number of nitrogens with one attached hydrogen (secondary N) is 1. The molecule has 24 heavy (non-hydrogen) atoms. The number of amides is 1. The Bertz CT molecular complexity index is 769. The predicted octanol–water partition coefficient (Wildman–Crippen LogP) is 2.76. The number of primary amides is 1. The lowest BCUT2D eigenvalue weighted by Gasteiger charge is -2.22. The largest absolute Gasteiger partial charge is 0.364 e. The Morgan fingerprint density at radius 1 is 1.33 bits per heavy atom. The van der Waals surface area contributed by atoms with E-state index in [1.165, 1.54) is 6.07 Å². The number of rotatable bonds is 5. The summed E-state index contributed by atoms with van der Waals surface area (Å²) in [6.45, 7) is 0.891. The topological polar surface area (TPSA) is 85.1 Å². The van der Waals surface area contributed by atoms with Crippen LogP contribution >= 0.6 is 11.3 Å². The number of halogens is 1. The predicted molar refractivity (Wildman–Crippen MR) is 90.6 cm³/mol. The van der Waals surface area contributed by atoms with E-state index < -0.39 is 11.7 Å². The molecule has 0 radical (unpaired) electrons. The molecular formula is C17H18FN3O2S. The van der Waals surface area contributed by atoms with Crippen molar-refractivity contribution in [1.29, 1.82) is 0 Å². The van der Waals surface area contributed by atoms with Gasteiger partial charge in [-0.15, -0.1) is 11.3 Å². The van der Waals surface area contributed by atoms with Gasteiger partial charge < -0.3 is 11.1 Å². The molecule has 1 aliphatic heterocycles. The number of thiazole rings is 1. The molecular weight excluding hydrogens is 329 g/mol. The number of piperidine rings is 1. The first kappa shape index (κ1) is 16.7. The molecule has 0 spiro atoms. The summed E-state index contributed by atoms with van der Waals surface area (Å²) in [5, 5.41) is 3.33. The van der Waals surface area contributed by atoms with E-state index in [1.54, 1.807) is 18.2 Å². The molecule has 3 N–H and O–H groups in total. The first-order valence-corrected chi connectivity index (χ1v) is 8.70. The third-order valence-corrected chi connectivity index (χ3v) is 5.17. The van der Waals surface area contributed by atoms with Crippen LogP contribution < -0.4 is 11.1 Å². The minimum absolute atomic E-state index is 0.0215. The van der Waals surface area contributed by atoms with Gasteiger partial charge in [0.25, 0.3) is 5.91 Å². The number of nitrogens with zero attached hydrogens (tertiary/aromatic N) is 1. The van der Waals surface area contributed by atoms with Crippen molar-refractivity contribution in [1.82, 2.24) is 10.3 Å². The average Bonchev–Trinajstić information content (AvgIpc) is 3.02. The Labute approximate surface area is 143 Å². The van der Waals surface area contributed by atoms with Crippen LogP contribution in [0.4, 0.5) is 4.39 Å². The van der Waals surface area contributed by atoms with E-state index in [-0.39, 0.29) is 34.5 Å². The summed E-state index contributed by atoms with van der Waals surface area (Å²) >= 11 is 0.958. The van der Waals surface area contributed by atoms with Crippen molar-refractivity contribution in [3.8, 4) is 10.4 Å². The number of benzene rings is 1. The zero-order valence-corrected chi connectivity index (χ0v) is 13.9. The molecule has 1 atom stereocenters. The Morgan fingerprint density at radius 3 is 2.79 bits per heavy atom. The molecule has 1 aromatic carbocycles. The molecule has 1 saturated heterocycles. The summed E-state index contributed by atoms with van der Waals surface area (Å²) in [4.78, 5) is 28.6. The Kier molecular flexibility index (Phi) is 5.01. The van der Waals surface area contributed by atoms with Gasteiger partial charge in [0.1, 0.15) is 11.5 Å². The smallest absolute Gasteiger partial charge is 0.277 e. The van der Waals surface area contributed by atoms with Gasteiger partial charge in [-0.25, -0.2) is 9.37 Å². The highest BCUT2D eigenvalue weighted by molar-refractivity contribution is 7.17. The minimum Gasteiger partial charge on any atom is -0.364 e. The van der Waals surface area contributed by atoms with E-state index in [1.807, 2.05) is 0 Å². The fourth-order valence-corrected chi connectivity index (χ4v) is 3.82. The van der Waals surface area contributed by atoms with E-state index in [4.69, 9.17) is 5.73 Å². The molecule has 5 nitrogen and oxygen atoms in total. The van der Waals surface area contributed by atoms with E-state index in [0.717, 1.165) is 37.1 Å². The van der Waals surface area contributed by atoms with Gasteiger partial charge in [0.05, 0.1) is 4.88 Å². The van der Waals surface area contributed by atoms with Crippen molar-refractivity contribution in [2.75, 3.05) is 6.54 Å². The molecule has 1 aliphatic rings. The fourth-order valence-electron chi connectivity index (χ4n) is 2.86. The third-order valence-electron chi connectivity index (χ3n) is 4.06. The highest BCUT2D eigenvalue weighted by Crippen LogP contribution is 2.33. The standard InChI is InChI=1S/C17H18FN3O2S/c18-12-7-2-1-6-11(12)15-14(21-17(24-15)16(19)23)13(22)9-10-5-3-4-8-20-10/h1-2,6-7,10,20H,3-5,8-9H2,(H2,19,23). The summed E-state index contributed by atoms with van der Waals surface area (Å²) in [7, 11) is 0. The fraction of sp³-hybridized carbons (Fsp3) is 0.353. The Hall–Kier alpha value is -2.12. The second-order valence-corrected chi connectivity index (χ2v) is 6.81. The monoisotopic (exact) mass is 347 g/mol. The average molecular weight is 347 g/mol. The lowest BCUT2D eigenvalue weighted by Crippen LogP contribution is -2.35. The van der Waals surface area contributed by atoms with Crippen LogP contribution in [0.5, 0.6) is 0 Å². The lowest BCUT2D eigenvalue weighted by molar-refractivity contribution is 0.0960. The van der Waals surface area contributed by atoms with Crippen LogP contribution in [0.3, 0.4) is 0 Å². The highest BCUT2D eigenvalue weighted by Gasteiger charge is 2.25. The summed E-state index contributed by atoms with van der Waals surface area (Å²) in [5.74, 6) is -1.37. The van der Waals surface area contributed by atoms with Gasteiger partial charge in [0, 0.05) is 18.0 Å². The van der Waals surface area contributed by atoms with Gasteiger partial charge in [-0.05, 0) is 25.5 Å². The Balaban J connectivity index is 1.95. The minimum atomic E-state index is -0.715. The summed E-state index contributed by atoms with van der Waals surface area (Å²) in [6.07, 6.45) is 3.39. The van der Waals surface area contributed by atoms with E-state index in [0.29, 0.717) is 4.88 Å². The van der Waals surface area contributed by atoms with Crippen molar-refractivity contribution in [2.24, 2.45) is 5.73 Å². The quantitative estimate of drug-likeness (QED) is 0.815. The van der Waals surface area contributed by atoms with Crippen LogP contribution in [0, 0.1) is 5.82 Å². The van der Waals surface area contributed by atoms with Crippen molar-refractivity contribution in [3.05, 3.63) is 40.8 Å². The molecule has 7 heteroatoms. The second-order valence-electron chi connectivity index (χ2n) is 5.81. The molecule has 2 heterocycles. The molecule has 0 saturated carbocycles. The molecule has 2 aromatic rings. The van der Waals surface area contributed by atoms with Gasteiger partial charge in [0.15, 0.2) is 10.8 Å². The first-order chi connectivity index (χ1) is 11.6. The van der Waals surface area contributed by atoms with Crippen LogP contribution in [-0.2, 0) is 0 Å². The molecule has 1 unspecified atom stereocenters. The SMILES string of the molecule is NC(=O)c1nc(C(=O)CC2CCCCN2)c(-c2ccccc2F)s1. The number of ketones is 1. The van der Waals surface area contributed by atoms with Crippen LogP contribution in [0.25, 0.3) is 10.4 Å². The van der Waals surface area contributed by atoms with Crippen molar-refractivity contribution >= 4 is 23.0 Å². The van der Waals surface area contributed by atoms with Crippen LogP contribution in [0.15, 0.2) is 24.3 Å². The van der Waals surface area contributed by atoms with Crippen LogP contribution in [-0.4, -0.2) is 29.3 Å². The molecule has 1 fully saturated rings. The molecule has 0 bridgehead atoms. The molecule has 1 amide bonds. The van der Waals surface area contributed by atoms with Crippen molar-refractivity contribution < 1.29 is 14.0 Å². The maximum atomic E-state index is 14.1. The van der Waals surface area contributed by atoms with Crippen molar-refractivity contribution in [3.63, 3.8) is 0 Å². The van der Waals surface area contributed by atoms with E-state index >= 15 is 0 Å². The van der Waals surface area contributed by atoms with Crippen molar-refractivity contribution in [2.45, 2.75) is 31.7 Å². The van der Waals surface area contributed by atoms with E-state index in [2.05, 4.69) is 10.3 Å². The van der Waals surface area contributed by atoms with Crippen LogP contribution in [0.1, 0.15) is 46.0 Å². The highest BCUT2D eigenvalue weighted by atomic mass is 32.1. The number of nitrogens with two attached hydrogens (primary N) is 1. The molecule has 0 aliphatic carbocycles. The van der Waals surface area contributed by atoms with Gasteiger partial charge in [0.2, 0.25) is 0 Å². The zero-order chi connectivity index (χ0) is 17.1. The Morgan fingerprint density at radius 2 is 2.12 bits per heavy atom. The van der Waals surface area contributed by atoms with E-state index in [9.17, 15) is 14.0 Å². The number of carbonyl (C=O) groups excluding carboxylic acids is 2. The number of carbonyl (C=O) groups is 2. The van der Waals surface area contributed by atoms with Gasteiger partial charge in [-0.3, -0.25) is 9.59 Å². The summed E-state index contributed by atoms with van der Waals surface area (Å²) in [5.41, 5.74) is 5.69. The third kappa shape index (κ3) is 3.52. The summed E-state index contributed by atoms with van der Waals surface area (Å²) < 4.78 is 14.1. The molecule has 1 aromatic heterocycles. The summed E-state index contributed by atoms with van der Waals surface area (Å²) in [6, 6.07) is 6.24. The van der Waals surface area contributed by atoms with Gasteiger partial charge in [-0.2, -0.15) is 0 Å². The zero-order valence-electron chi connectivity index (χ0n) is 13.0. The normalized spacial score (nSPS) is 17.6. The van der Waals surface area contributed by atoms with Gasteiger partial charge >= 0.3 is 0 Å². The lowest BCUT2D eigenvalue weighted by atomic mass is 9.98. The number of Topliss-reactive ketones (excluding diaryl/α,β-unsaturated/α-hetero) is 1. The van der Waals surface area contributed by atoms with Gasteiger partial charge in [-0.1, -0.05) is 24.6 Å². The number of aromatic nitrogens is 1.